The van der Waals surface area contributed by atoms with Crippen LogP contribution in [0.3, 0.4) is 0 Å². The summed E-state index contributed by atoms with van der Waals surface area (Å²) in [5.74, 6) is 0. The van der Waals surface area contributed by atoms with Crippen LogP contribution in [0.1, 0.15) is 36.5 Å². The van der Waals surface area contributed by atoms with Crippen LogP contribution in [0, 0.1) is 6.92 Å². The van der Waals surface area contributed by atoms with Crippen LogP contribution in [0.5, 0.6) is 0 Å². The van der Waals surface area contributed by atoms with Gasteiger partial charge in [-0.25, -0.2) is 0 Å². The lowest BCUT2D eigenvalue weighted by Crippen LogP contribution is -2.34. The van der Waals surface area contributed by atoms with Gasteiger partial charge in [-0.1, -0.05) is 13.0 Å². The highest BCUT2D eigenvalue weighted by atomic mass is 32.1. The van der Waals surface area contributed by atoms with Gasteiger partial charge in [-0.05, 0) is 50.7 Å². The maximum absolute atomic E-state index is 4.55. The van der Waals surface area contributed by atoms with Crippen molar-refractivity contribution in [3.8, 4) is 0 Å². The number of rotatable bonds is 8. The summed E-state index contributed by atoms with van der Waals surface area (Å²) >= 11 is 1.85. The number of aromatic nitrogens is 2. The van der Waals surface area contributed by atoms with E-state index < -0.39 is 0 Å². The molecule has 1 unspecified atom stereocenters. The summed E-state index contributed by atoms with van der Waals surface area (Å²) in [5.41, 5.74) is 2.46. The molecule has 0 bridgehead atoms. The van der Waals surface area contributed by atoms with Crippen molar-refractivity contribution in [3.05, 3.63) is 39.8 Å². The monoisotopic (exact) mass is 291 g/mol. The number of hydrogen-bond acceptors (Lipinski definition) is 3. The molecule has 0 aromatic carbocycles. The molecule has 0 saturated carbocycles. The Balaban J connectivity index is 2.05. The van der Waals surface area contributed by atoms with E-state index >= 15 is 0 Å². The topological polar surface area (TPSA) is 29.9 Å². The summed E-state index contributed by atoms with van der Waals surface area (Å²) in [4.78, 5) is 1.46. The van der Waals surface area contributed by atoms with E-state index in [4.69, 9.17) is 0 Å². The molecule has 2 aromatic rings. The molecule has 0 radical (unpaired) electrons. The molecule has 20 heavy (non-hydrogen) atoms. The van der Waals surface area contributed by atoms with Crippen LogP contribution in [0.2, 0.25) is 0 Å². The van der Waals surface area contributed by atoms with Crippen molar-refractivity contribution in [1.82, 2.24) is 15.1 Å². The maximum Gasteiger partial charge on any atom is 0.0596 e. The van der Waals surface area contributed by atoms with Gasteiger partial charge in [-0.15, -0.1) is 11.3 Å². The van der Waals surface area contributed by atoms with Crippen molar-refractivity contribution in [3.63, 3.8) is 0 Å². The summed E-state index contributed by atoms with van der Waals surface area (Å²) in [6.07, 6.45) is 3.32. The molecule has 110 valence electrons. The minimum Gasteiger partial charge on any atom is -0.313 e. The first-order valence-electron chi connectivity index (χ1n) is 7.52. The van der Waals surface area contributed by atoms with Crippen molar-refractivity contribution >= 4 is 11.3 Å². The second-order valence-corrected chi connectivity index (χ2v) is 6.26. The minimum absolute atomic E-state index is 0.495. The molecule has 0 saturated heterocycles. The molecule has 0 aliphatic heterocycles. The fourth-order valence-electron chi connectivity index (χ4n) is 2.53. The Bertz CT molecular complexity index is 502. The van der Waals surface area contributed by atoms with Gasteiger partial charge >= 0.3 is 0 Å². The molecule has 0 amide bonds. The van der Waals surface area contributed by atoms with Crippen LogP contribution in [0.4, 0.5) is 0 Å². The lowest BCUT2D eigenvalue weighted by atomic mass is 10.1. The van der Waals surface area contributed by atoms with Gasteiger partial charge in [0, 0.05) is 29.6 Å². The molecule has 3 nitrogen and oxygen atoms in total. The van der Waals surface area contributed by atoms with Crippen LogP contribution in [-0.2, 0) is 19.4 Å². The first kappa shape index (κ1) is 15.3. The molecule has 1 atom stereocenters. The maximum atomic E-state index is 4.55. The van der Waals surface area contributed by atoms with Crippen molar-refractivity contribution < 1.29 is 0 Å². The van der Waals surface area contributed by atoms with Gasteiger partial charge in [-0.2, -0.15) is 5.10 Å². The molecule has 1 N–H and O–H groups in total. The average Bonchev–Trinajstić information content (AvgIpc) is 3.05. The Morgan fingerprint density at radius 2 is 2.20 bits per heavy atom. The summed E-state index contributed by atoms with van der Waals surface area (Å²) in [6.45, 7) is 8.47. The van der Waals surface area contributed by atoms with Gasteiger partial charge in [0.05, 0.1) is 5.69 Å². The van der Waals surface area contributed by atoms with E-state index in [-0.39, 0.29) is 0 Å². The van der Waals surface area contributed by atoms with Gasteiger partial charge < -0.3 is 5.32 Å². The van der Waals surface area contributed by atoms with Crippen LogP contribution in [0.25, 0.3) is 0 Å². The summed E-state index contributed by atoms with van der Waals surface area (Å²) in [7, 11) is 0. The molecule has 2 aromatic heterocycles. The first-order valence-corrected chi connectivity index (χ1v) is 8.40. The highest BCUT2D eigenvalue weighted by molar-refractivity contribution is 7.09. The van der Waals surface area contributed by atoms with Crippen molar-refractivity contribution in [1.29, 1.82) is 0 Å². The smallest absolute Gasteiger partial charge is 0.0596 e. The molecule has 0 aliphatic carbocycles. The quantitative estimate of drug-likeness (QED) is 0.807. The predicted octanol–water partition coefficient (Wildman–Crippen LogP) is 3.43. The molecular formula is C16H25N3S. The van der Waals surface area contributed by atoms with Crippen LogP contribution >= 0.6 is 11.3 Å². The second-order valence-electron chi connectivity index (χ2n) is 5.23. The van der Waals surface area contributed by atoms with E-state index in [2.05, 4.69) is 59.4 Å². The van der Waals surface area contributed by atoms with Crippen LogP contribution in [0.15, 0.2) is 23.6 Å². The fourth-order valence-corrected chi connectivity index (χ4v) is 3.31. The summed E-state index contributed by atoms with van der Waals surface area (Å²) in [5, 5.41) is 10.4. The third kappa shape index (κ3) is 4.18. The van der Waals surface area contributed by atoms with E-state index in [0.29, 0.717) is 6.04 Å². The Hall–Kier alpha value is -1.13. The SMILES string of the molecule is CCCNC(Cc1cccs1)Cc1cc(C)nn1CC. The highest BCUT2D eigenvalue weighted by Gasteiger charge is 2.14. The lowest BCUT2D eigenvalue weighted by molar-refractivity contribution is 0.485. The van der Waals surface area contributed by atoms with Crippen molar-refractivity contribution in [2.45, 2.75) is 52.6 Å². The highest BCUT2D eigenvalue weighted by Crippen LogP contribution is 2.15. The number of aryl methyl sites for hydroxylation is 2. The fraction of sp³-hybridized carbons (Fsp3) is 0.562. The minimum atomic E-state index is 0.495. The molecule has 0 fully saturated rings. The first-order chi connectivity index (χ1) is 9.72. The van der Waals surface area contributed by atoms with Gasteiger partial charge in [0.1, 0.15) is 0 Å². The average molecular weight is 291 g/mol. The number of hydrogen-bond donors (Lipinski definition) is 1. The molecular weight excluding hydrogens is 266 g/mol. The largest absolute Gasteiger partial charge is 0.313 e. The third-order valence-corrected chi connectivity index (χ3v) is 4.35. The Kier molecular flexibility index (Phi) is 5.80. The Morgan fingerprint density at radius 1 is 1.35 bits per heavy atom. The van der Waals surface area contributed by atoms with Crippen LogP contribution in [-0.4, -0.2) is 22.4 Å². The molecule has 4 heteroatoms. The van der Waals surface area contributed by atoms with Gasteiger partial charge in [0.15, 0.2) is 0 Å². The summed E-state index contributed by atoms with van der Waals surface area (Å²) in [6, 6.07) is 7.08. The molecule has 2 rings (SSSR count). The van der Waals surface area contributed by atoms with Crippen molar-refractivity contribution in [2.24, 2.45) is 0 Å². The standard InChI is InChI=1S/C16H25N3S/c1-4-8-17-14(12-16-7-6-9-20-16)11-15-10-13(3)18-19(15)5-2/h6-7,9-10,14,17H,4-5,8,11-12H2,1-3H3. The van der Waals surface area contributed by atoms with Gasteiger partial charge in [0.25, 0.3) is 0 Å². The Labute approximate surface area is 126 Å². The van der Waals surface area contributed by atoms with E-state index in [1.807, 2.05) is 11.3 Å². The zero-order valence-corrected chi connectivity index (χ0v) is 13.5. The third-order valence-electron chi connectivity index (χ3n) is 3.45. The van der Waals surface area contributed by atoms with E-state index in [0.717, 1.165) is 31.6 Å². The van der Waals surface area contributed by atoms with Crippen LogP contribution < -0.4 is 5.32 Å². The zero-order valence-electron chi connectivity index (χ0n) is 12.7. The van der Waals surface area contributed by atoms with Gasteiger partial charge in [-0.3, -0.25) is 4.68 Å². The summed E-state index contributed by atoms with van der Waals surface area (Å²) < 4.78 is 2.13. The van der Waals surface area contributed by atoms with E-state index in [1.165, 1.54) is 17.0 Å². The Morgan fingerprint density at radius 3 is 2.85 bits per heavy atom. The lowest BCUT2D eigenvalue weighted by Gasteiger charge is -2.18. The second kappa shape index (κ2) is 7.60. The predicted molar refractivity (Wildman–Crippen MR) is 86.4 cm³/mol. The molecule has 2 heterocycles. The molecule has 0 aliphatic rings. The number of thiophene rings is 1. The molecule has 0 spiro atoms. The van der Waals surface area contributed by atoms with E-state index in [9.17, 15) is 0 Å². The number of nitrogens with zero attached hydrogens (tertiary/aromatic N) is 2. The number of nitrogens with one attached hydrogen (secondary N) is 1. The van der Waals surface area contributed by atoms with E-state index in [1.54, 1.807) is 0 Å². The van der Waals surface area contributed by atoms with Crippen molar-refractivity contribution in [2.75, 3.05) is 6.54 Å². The van der Waals surface area contributed by atoms with Gasteiger partial charge in [0.2, 0.25) is 0 Å². The zero-order chi connectivity index (χ0) is 14.4. The normalized spacial score (nSPS) is 12.8.